The second-order valence-electron chi connectivity index (χ2n) is 7.75. The van der Waals surface area contributed by atoms with E-state index in [0.717, 1.165) is 19.3 Å². The van der Waals surface area contributed by atoms with E-state index in [1.807, 2.05) is 6.92 Å². The summed E-state index contributed by atoms with van der Waals surface area (Å²) in [5.41, 5.74) is 0. The van der Waals surface area contributed by atoms with Crippen molar-refractivity contribution in [3.8, 4) is 0 Å². The van der Waals surface area contributed by atoms with Crippen LogP contribution in [0.4, 0.5) is 0 Å². The predicted molar refractivity (Wildman–Crippen MR) is 127 cm³/mol. The number of rotatable bonds is 21. The lowest BCUT2D eigenvalue weighted by Crippen LogP contribution is -1.96. The van der Waals surface area contributed by atoms with Gasteiger partial charge >= 0.3 is 5.97 Å². The third-order valence-corrected chi connectivity index (χ3v) is 4.90. The Labute approximate surface area is 182 Å². The van der Waals surface area contributed by atoms with Crippen molar-refractivity contribution < 1.29 is 14.3 Å². The molecule has 0 unspecified atom stereocenters. The van der Waals surface area contributed by atoms with Crippen LogP contribution in [0.25, 0.3) is 0 Å². The number of unbranched alkanes of at least 4 members (excludes halogenated alkanes) is 15. The molecule has 172 valence electrons. The van der Waals surface area contributed by atoms with Crippen LogP contribution in [0, 0.1) is 0 Å². The molecule has 0 aliphatic rings. The molecule has 0 spiro atoms. The third-order valence-electron chi connectivity index (χ3n) is 4.90. The van der Waals surface area contributed by atoms with Gasteiger partial charge in [0, 0.05) is 6.42 Å². The Kier molecular flexibility index (Phi) is 29.9. The van der Waals surface area contributed by atoms with Crippen LogP contribution in [0.3, 0.4) is 0 Å². The van der Waals surface area contributed by atoms with Gasteiger partial charge in [0.1, 0.15) is 0 Å². The van der Waals surface area contributed by atoms with Crippen LogP contribution in [0.15, 0.2) is 25.7 Å². The Hall–Kier alpha value is -1.25. The summed E-state index contributed by atoms with van der Waals surface area (Å²) in [5.74, 6) is -0.206. The van der Waals surface area contributed by atoms with Crippen molar-refractivity contribution in [3.63, 3.8) is 0 Å². The average Bonchev–Trinajstić information content (AvgIpc) is 2.71. The number of hydrogen-bond acceptors (Lipinski definition) is 3. The summed E-state index contributed by atoms with van der Waals surface area (Å²) >= 11 is 0. The Balaban J connectivity index is 0. The highest BCUT2D eigenvalue weighted by molar-refractivity contribution is 5.69. The molecule has 3 heteroatoms. The van der Waals surface area contributed by atoms with Crippen LogP contribution in [0.2, 0.25) is 0 Å². The van der Waals surface area contributed by atoms with E-state index in [9.17, 15) is 4.79 Å². The summed E-state index contributed by atoms with van der Waals surface area (Å²) in [6, 6.07) is 0. The number of hydrogen-bond donors (Lipinski definition) is 0. The minimum absolute atomic E-state index is 0.206. The summed E-state index contributed by atoms with van der Waals surface area (Å²) in [6.45, 7) is 11.8. The van der Waals surface area contributed by atoms with Gasteiger partial charge in [0.05, 0.1) is 19.1 Å². The van der Waals surface area contributed by atoms with Gasteiger partial charge in [-0.05, 0) is 12.8 Å². The maximum atomic E-state index is 10.3. The van der Waals surface area contributed by atoms with E-state index in [-0.39, 0.29) is 5.97 Å². The summed E-state index contributed by atoms with van der Waals surface area (Å²) in [7, 11) is 0. The van der Waals surface area contributed by atoms with E-state index in [1.165, 1.54) is 103 Å². The minimum atomic E-state index is -0.206. The number of carbonyl (C=O) groups excluding carboxylic acids is 1. The van der Waals surface area contributed by atoms with Crippen molar-refractivity contribution >= 4 is 5.97 Å². The molecule has 0 aromatic heterocycles. The molecule has 29 heavy (non-hydrogen) atoms. The van der Waals surface area contributed by atoms with Crippen molar-refractivity contribution in [1.82, 2.24) is 0 Å². The van der Waals surface area contributed by atoms with Gasteiger partial charge in [-0.25, -0.2) is 0 Å². The van der Waals surface area contributed by atoms with Crippen LogP contribution >= 0.6 is 0 Å². The first-order valence-electron chi connectivity index (χ1n) is 12.3. The first-order chi connectivity index (χ1) is 14.2. The van der Waals surface area contributed by atoms with Gasteiger partial charge in [0.25, 0.3) is 0 Å². The van der Waals surface area contributed by atoms with Gasteiger partial charge in [0.2, 0.25) is 0 Å². The zero-order chi connectivity index (χ0) is 21.8. The van der Waals surface area contributed by atoms with Gasteiger partial charge in [-0.1, -0.05) is 123 Å². The van der Waals surface area contributed by atoms with Gasteiger partial charge in [-0.15, -0.1) is 0 Å². The molecule has 0 atom stereocenters. The lowest BCUT2D eigenvalue weighted by atomic mass is 10.0. The van der Waals surface area contributed by atoms with Gasteiger partial charge in [-0.2, -0.15) is 0 Å². The Morgan fingerprint density at radius 2 is 1.03 bits per heavy atom. The third kappa shape index (κ3) is 31.7. The molecule has 0 rings (SSSR count). The second kappa shape index (κ2) is 29.0. The number of carbonyl (C=O) groups is 1. The molecule has 0 bridgehead atoms. The molecule has 0 N–H and O–H groups in total. The molecular formula is C26H50O3. The monoisotopic (exact) mass is 410 g/mol. The van der Waals surface area contributed by atoms with Crippen molar-refractivity contribution in [1.29, 1.82) is 0 Å². The maximum absolute atomic E-state index is 10.3. The average molecular weight is 411 g/mol. The zero-order valence-electron chi connectivity index (χ0n) is 19.7. The molecular weight excluding hydrogens is 360 g/mol. The van der Waals surface area contributed by atoms with Crippen LogP contribution in [0.5, 0.6) is 0 Å². The fourth-order valence-electron chi connectivity index (χ4n) is 3.17. The molecule has 0 saturated heterocycles. The molecule has 0 fully saturated rings. The van der Waals surface area contributed by atoms with Gasteiger partial charge in [0.15, 0.2) is 0 Å². The van der Waals surface area contributed by atoms with E-state index in [1.54, 1.807) is 6.26 Å². The fourth-order valence-corrected chi connectivity index (χ4v) is 3.17. The molecule has 0 radical (unpaired) electrons. The molecule has 0 aromatic rings. The van der Waals surface area contributed by atoms with Crippen molar-refractivity contribution in [2.75, 3.05) is 6.61 Å². The normalized spacial score (nSPS) is 10.0. The van der Waals surface area contributed by atoms with E-state index >= 15 is 0 Å². The predicted octanol–water partition coefficient (Wildman–Crippen LogP) is 8.88. The Morgan fingerprint density at radius 3 is 1.38 bits per heavy atom. The molecule has 0 aromatic carbocycles. The van der Waals surface area contributed by atoms with Crippen molar-refractivity contribution in [3.05, 3.63) is 25.7 Å². The second-order valence-corrected chi connectivity index (χ2v) is 7.75. The van der Waals surface area contributed by atoms with Crippen molar-refractivity contribution in [2.24, 2.45) is 0 Å². The maximum Gasteiger partial charge on any atom is 0.310 e. The summed E-state index contributed by atoms with van der Waals surface area (Å²) in [6.07, 6.45) is 26.7. The Bertz CT molecular complexity index is 339. The highest BCUT2D eigenvalue weighted by Gasteiger charge is 1.95. The topological polar surface area (TPSA) is 35.5 Å². The van der Waals surface area contributed by atoms with E-state index in [0.29, 0.717) is 6.42 Å². The highest BCUT2D eigenvalue weighted by Crippen LogP contribution is 2.13. The molecule has 3 nitrogen and oxygen atoms in total. The lowest BCUT2D eigenvalue weighted by Gasteiger charge is -2.03. The standard InChI is InChI=1S/C20H40O.C6H10O2/c1-3-5-6-7-8-9-10-11-12-13-14-15-16-17-18-19-20-21-4-2;1-3-5-6(7)8-4-2/h4H,2-3,5-20H2,1H3;4H,2-3,5H2,1H3. The van der Waals surface area contributed by atoms with Gasteiger partial charge < -0.3 is 9.47 Å². The Morgan fingerprint density at radius 1 is 0.621 bits per heavy atom. The van der Waals surface area contributed by atoms with Crippen LogP contribution in [-0.4, -0.2) is 12.6 Å². The van der Waals surface area contributed by atoms with Crippen LogP contribution in [-0.2, 0) is 14.3 Å². The molecule has 0 amide bonds. The summed E-state index contributed by atoms with van der Waals surface area (Å²) < 4.78 is 9.52. The fraction of sp³-hybridized carbons (Fsp3) is 0.808. The first kappa shape index (κ1) is 29.9. The molecule has 0 aliphatic heterocycles. The molecule has 0 aliphatic carbocycles. The van der Waals surface area contributed by atoms with E-state index in [4.69, 9.17) is 4.74 Å². The smallest absolute Gasteiger partial charge is 0.310 e. The lowest BCUT2D eigenvalue weighted by molar-refractivity contribution is -0.137. The number of esters is 1. The van der Waals surface area contributed by atoms with E-state index in [2.05, 4.69) is 24.8 Å². The quantitative estimate of drug-likeness (QED) is 0.108. The van der Waals surface area contributed by atoms with E-state index < -0.39 is 0 Å². The SMILES string of the molecule is C=COC(=O)CCC.C=COCCCCCCCCCCCCCCCCCC. The van der Waals surface area contributed by atoms with Crippen LogP contribution < -0.4 is 0 Å². The first-order valence-corrected chi connectivity index (χ1v) is 12.3. The summed E-state index contributed by atoms with van der Waals surface area (Å²) in [5, 5.41) is 0. The number of ether oxygens (including phenoxy) is 2. The molecule has 0 heterocycles. The minimum Gasteiger partial charge on any atom is -0.502 e. The highest BCUT2D eigenvalue weighted by atomic mass is 16.5. The summed E-state index contributed by atoms with van der Waals surface area (Å²) in [4.78, 5) is 10.3. The van der Waals surface area contributed by atoms with Gasteiger partial charge in [-0.3, -0.25) is 4.79 Å². The largest absolute Gasteiger partial charge is 0.502 e. The molecule has 0 saturated carbocycles. The zero-order valence-corrected chi connectivity index (χ0v) is 19.7. The van der Waals surface area contributed by atoms with Crippen molar-refractivity contribution in [2.45, 2.75) is 129 Å². The van der Waals surface area contributed by atoms with Crippen LogP contribution in [0.1, 0.15) is 129 Å².